The third-order valence-corrected chi connectivity index (χ3v) is 4.61. The second-order valence-electron chi connectivity index (χ2n) is 4.48. The quantitative estimate of drug-likeness (QED) is 0.746. The molecule has 2 aromatic rings. The van der Waals surface area contributed by atoms with Gasteiger partial charge in [0, 0.05) is 0 Å². The minimum absolute atomic E-state index is 0.232. The number of ether oxygens (including phenoxy) is 1. The highest BCUT2D eigenvalue weighted by Gasteiger charge is 2.12. The largest absolute Gasteiger partial charge is 0.497 e. The van der Waals surface area contributed by atoms with Gasteiger partial charge in [0.1, 0.15) is 5.75 Å². The Morgan fingerprint density at radius 2 is 1.90 bits per heavy atom. The van der Waals surface area contributed by atoms with E-state index < -0.39 is 0 Å². The Morgan fingerprint density at radius 1 is 1.20 bits per heavy atom. The van der Waals surface area contributed by atoms with Crippen molar-refractivity contribution in [2.45, 2.75) is 19.4 Å². The van der Waals surface area contributed by atoms with Crippen molar-refractivity contribution in [3.63, 3.8) is 0 Å². The van der Waals surface area contributed by atoms with E-state index >= 15 is 0 Å². The molecule has 0 fully saturated rings. The summed E-state index contributed by atoms with van der Waals surface area (Å²) in [4.78, 5) is 0. The summed E-state index contributed by atoms with van der Waals surface area (Å²) in [5, 5.41) is 4.23. The van der Waals surface area contributed by atoms with Gasteiger partial charge in [-0.3, -0.25) is 0 Å². The average molecular weight is 355 g/mol. The van der Waals surface area contributed by atoms with Crippen molar-refractivity contribution in [2.75, 3.05) is 12.4 Å². The van der Waals surface area contributed by atoms with E-state index in [-0.39, 0.29) is 6.04 Å². The summed E-state index contributed by atoms with van der Waals surface area (Å²) in [5.41, 5.74) is 2.22. The van der Waals surface area contributed by atoms with Crippen molar-refractivity contribution in [1.29, 1.82) is 0 Å². The van der Waals surface area contributed by atoms with Crippen molar-refractivity contribution in [3.8, 4) is 5.75 Å². The number of halogens is 2. The smallest absolute Gasteiger partial charge is 0.118 e. The average Bonchev–Trinajstić information content (AvgIpc) is 2.49. The molecule has 0 aliphatic rings. The Kier molecular flexibility index (Phi) is 5.32. The van der Waals surface area contributed by atoms with Crippen LogP contribution >= 0.6 is 27.5 Å². The molecule has 0 heterocycles. The zero-order chi connectivity index (χ0) is 14.5. The van der Waals surface area contributed by atoms with Crippen LogP contribution in [0.15, 0.2) is 46.9 Å². The van der Waals surface area contributed by atoms with Crippen molar-refractivity contribution in [1.82, 2.24) is 0 Å². The van der Waals surface area contributed by atoms with E-state index in [0.29, 0.717) is 5.02 Å². The van der Waals surface area contributed by atoms with Gasteiger partial charge in [0.15, 0.2) is 0 Å². The molecule has 0 saturated heterocycles. The molecule has 2 rings (SSSR count). The number of rotatable bonds is 5. The van der Waals surface area contributed by atoms with Crippen LogP contribution in [-0.2, 0) is 0 Å². The molecule has 0 spiro atoms. The van der Waals surface area contributed by atoms with Crippen molar-refractivity contribution >= 4 is 33.2 Å². The zero-order valence-corrected chi connectivity index (χ0v) is 13.8. The monoisotopic (exact) mass is 353 g/mol. The molecule has 2 aromatic carbocycles. The number of hydrogen-bond acceptors (Lipinski definition) is 2. The van der Waals surface area contributed by atoms with Crippen molar-refractivity contribution < 1.29 is 4.74 Å². The Morgan fingerprint density at radius 3 is 2.50 bits per heavy atom. The molecule has 1 atom stereocenters. The minimum atomic E-state index is 0.232. The maximum absolute atomic E-state index is 6.12. The van der Waals surface area contributed by atoms with Crippen LogP contribution in [0.3, 0.4) is 0 Å². The van der Waals surface area contributed by atoms with E-state index in [1.54, 1.807) is 7.11 Å². The van der Waals surface area contributed by atoms with Crippen LogP contribution in [0.1, 0.15) is 24.9 Å². The number of anilines is 1. The standard InChI is InChI=1S/C16H17BrClNO/c1-3-14(11-7-9-12(20-2)10-8-11)19-15-6-4-5-13(18)16(15)17/h4-10,14,19H,3H2,1-2H3. The fourth-order valence-corrected chi connectivity index (χ4v) is 2.61. The number of methoxy groups -OCH3 is 1. The fourth-order valence-electron chi connectivity index (χ4n) is 2.06. The van der Waals surface area contributed by atoms with Crippen LogP contribution in [-0.4, -0.2) is 7.11 Å². The molecular weight excluding hydrogens is 338 g/mol. The predicted molar refractivity (Wildman–Crippen MR) is 88.8 cm³/mol. The van der Waals surface area contributed by atoms with Crippen molar-refractivity contribution in [2.24, 2.45) is 0 Å². The third-order valence-electron chi connectivity index (χ3n) is 3.21. The summed E-state index contributed by atoms with van der Waals surface area (Å²) in [6.07, 6.45) is 0.977. The van der Waals surface area contributed by atoms with E-state index in [9.17, 15) is 0 Å². The summed E-state index contributed by atoms with van der Waals surface area (Å²) in [6.45, 7) is 2.15. The normalized spacial score (nSPS) is 12.0. The first-order chi connectivity index (χ1) is 9.65. The fraction of sp³-hybridized carbons (Fsp3) is 0.250. The van der Waals surface area contributed by atoms with E-state index in [1.165, 1.54) is 5.56 Å². The van der Waals surface area contributed by atoms with Crippen LogP contribution in [0.2, 0.25) is 5.02 Å². The first-order valence-corrected chi connectivity index (χ1v) is 7.67. The van der Waals surface area contributed by atoms with Crippen LogP contribution in [0.25, 0.3) is 0 Å². The molecule has 0 aliphatic heterocycles. The molecule has 0 saturated carbocycles. The van der Waals surface area contributed by atoms with Crippen LogP contribution in [0, 0.1) is 0 Å². The summed E-state index contributed by atoms with van der Waals surface area (Å²) >= 11 is 9.64. The van der Waals surface area contributed by atoms with Gasteiger partial charge in [-0.05, 0) is 52.2 Å². The SMILES string of the molecule is CCC(Nc1cccc(Cl)c1Br)c1ccc(OC)cc1. The molecule has 1 N–H and O–H groups in total. The molecular formula is C16H17BrClNO. The first kappa shape index (κ1) is 15.2. The lowest BCUT2D eigenvalue weighted by Gasteiger charge is -2.20. The molecule has 4 heteroatoms. The molecule has 2 nitrogen and oxygen atoms in total. The zero-order valence-electron chi connectivity index (χ0n) is 11.5. The van der Waals surface area contributed by atoms with Gasteiger partial charge in [-0.2, -0.15) is 0 Å². The molecule has 106 valence electrons. The molecule has 0 aliphatic carbocycles. The molecule has 0 bridgehead atoms. The third kappa shape index (κ3) is 3.47. The number of hydrogen-bond donors (Lipinski definition) is 1. The molecule has 0 radical (unpaired) electrons. The highest BCUT2D eigenvalue weighted by Crippen LogP contribution is 2.33. The maximum Gasteiger partial charge on any atom is 0.118 e. The van der Waals surface area contributed by atoms with Gasteiger partial charge in [-0.25, -0.2) is 0 Å². The van der Waals surface area contributed by atoms with E-state index in [0.717, 1.165) is 22.3 Å². The van der Waals surface area contributed by atoms with Gasteiger partial charge < -0.3 is 10.1 Å². The highest BCUT2D eigenvalue weighted by atomic mass is 79.9. The second kappa shape index (κ2) is 7.00. The van der Waals surface area contributed by atoms with E-state index in [4.69, 9.17) is 16.3 Å². The van der Waals surface area contributed by atoms with Gasteiger partial charge in [0.2, 0.25) is 0 Å². The summed E-state index contributed by atoms with van der Waals surface area (Å²) in [6, 6.07) is 14.2. The number of benzene rings is 2. The predicted octanol–water partition coefficient (Wildman–Crippen LogP) is 5.67. The van der Waals surface area contributed by atoms with Crippen LogP contribution < -0.4 is 10.1 Å². The lowest BCUT2D eigenvalue weighted by molar-refractivity contribution is 0.414. The Hall–Kier alpha value is -1.19. The van der Waals surface area contributed by atoms with Gasteiger partial charge >= 0.3 is 0 Å². The lowest BCUT2D eigenvalue weighted by atomic mass is 10.0. The topological polar surface area (TPSA) is 21.3 Å². The Labute approximate surface area is 133 Å². The van der Waals surface area contributed by atoms with Crippen LogP contribution in [0.4, 0.5) is 5.69 Å². The summed E-state index contributed by atoms with van der Waals surface area (Å²) in [7, 11) is 1.67. The lowest BCUT2D eigenvalue weighted by Crippen LogP contribution is -2.10. The molecule has 20 heavy (non-hydrogen) atoms. The second-order valence-corrected chi connectivity index (χ2v) is 5.68. The Bertz CT molecular complexity index is 571. The van der Waals surface area contributed by atoms with Crippen molar-refractivity contribution in [3.05, 3.63) is 57.5 Å². The molecule has 0 aromatic heterocycles. The van der Waals surface area contributed by atoms with Gasteiger partial charge in [0.05, 0.1) is 28.3 Å². The summed E-state index contributed by atoms with van der Waals surface area (Å²) in [5.74, 6) is 0.868. The van der Waals surface area contributed by atoms with E-state index in [2.05, 4.69) is 40.3 Å². The van der Waals surface area contributed by atoms with Gasteiger partial charge in [0.25, 0.3) is 0 Å². The summed E-state index contributed by atoms with van der Waals surface area (Å²) < 4.78 is 6.09. The first-order valence-electron chi connectivity index (χ1n) is 6.50. The molecule has 1 unspecified atom stereocenters. The van der Waals surface area contributed by atoms with Crippen LogP contribution in [0.5, 0.6) is 5.75 Å². The van der Waals surface area contributed by atoms with Gasteiger partial charge in [-0.15, -0.1) is 0 Å². The minimum Gasteiger partial charge on any atom is -0.497 e. The number of nitrogens with one attached hydrogen (secondary N) is 1. The van der Waals surface area contributed by atoms with E-state index in [1.807, 2.05) is 30.3 Å². The Balaban J connectivity index is 2.21. The highest BCUT2D eigenvalue weighted by molar-refractivity contribution is 9.10. The van der Waals surface area contributed by atoms with Gasteiger partial charge in [-0.1, -0.05) is 36.7 Å². The maximum atomic E-state index is 6.12. The molecule has 0 amide bonds.